The van der Waals surface area contributed by atoms with Gasteiger partial charge in [0.1, 0.15) is 0 Å². The zero-order chi connectivity index (χ0) is 16.4. The Labute approximate surface area is 150 Å². The fourth-order valence-corrected chi connectivity index (χ4v) is 3.06. The van der Waals surface area contributed by atoms with Crippen molar-refractivity contribution in [1.29, 1.82) is 0 Å². The zero-order valence-corrected chi connectivity index (χ0v) is 15.1. The van der Waals surface area contributed by atoms with Crippen molar-refractivity contribution in [3.8, 4) is 22.8 Å². The van der Waals surface area contributed by atoms with Crippen molar-refractivity contribution >= 4 is 34.8 Å². The number of nitrogens with one attached hydrogen (secondary N) is 1. The van der Waals surface area contributed by atoms with Gasteiger partial charge >= 0.3 is 0 Å². The van der Waals surface area contributed by atoms with Crippen LogP contribution in [-0.4, -0.2) is 23.7 Å². The van der Waals surface area contributed by atoms with E-state index in [0.717, 1.165) is 17.0 Å². The summed E-state index contributed by atoms with van der Waals surface area (Å²) < 4.78 is 10.7. The van der Waals surface area contributed by atoms with Crippen LogP contribution in [0.15, 0.2) is 23.6 Å². The molecule has 0 spiro atoms. The van der Waals surface area contributed by atoms with E-state index in [4.69, 9.17) is 15.2 Å². The van der Waals surface area contributed by atoms with Crippen LogP contribution in [0.4, 0.5) is 5.13 Å². The highest BCUT2D eigenvalue weighted by atomic mass is 35.5. The molecule has 0 aliphatic carbocycles. The maximum atomic E-state index is 12.0. The minimum atomic E-state index is -0.520. The molecule has 1 aliphatic rings. The summed E-state index contributed by atoms with van der Waals surface area (Å²) in [5, 5.41) is 5.21. The molecule has 3 rings (SSSR count). The van der Waals surface area contributed by atoms with Gasteiger partial charge in [0, 0.05) is 10.9 Å². The van der Waals surface area contributed by atoms with Crippen molar-refractivity contribution in [3.05, 3.63) is 23.6 Å². The Morgan fingerprint density at radius 2 is 2.12 bits per heavy atom. The van der Waals surface area contributed by atoms with E-state index in [1.54, 1.807) is 0 Å². The largest absolute Gasteiger partial charge is 0.454 e. The summed E-state index contributed by atoms with van der Waals surface area (Å²) in [5.41, 5.74) is 7.57. The molecule has 1 aliphatic heterocycles. The van der Waals surface area contributed by atoms with Crippen LogP contribution in [0, 0.1) is 5.92 Å². The van der Waals surface area contributed by atoms with E-state index >= 15 is 0 Å². The fourth-order valence-electron chi connectivity index (χ4n) is 2.33. The molecule has 130 valence electrons. The second-order valence-electron chi connectivity index (χ2n) is 5.83. The lowest BCUT2D eigenvalue weighted by molar-refractivity contribution is -0.117. The van der Waals surface area contributed by atoms with E-state index in [9.17, 15) is 4.79 Å². The predicted molar refractivity (Wildman–Crippen MR) is 97.0 cm³/mol. The van der Waals surface area contributed by atoms with Crippen LogP contribution in [0.25, 0.3) is 11.3 Å². The summed E-state index contributed by atoms with van der Waals surface area (Å²) in [6, 6.07) is 5.13. The minimum absolute atomic E-state index is 0. The number of nitrogens with zero attached hydrogens (tertiary/aromatic N) is 1. The van der Waals surface area contributed by atoms with Gasteiger partial charge < -0.3 is 20.5 Å². The number of benzene rings is 1. The van der Waals surface area contributed by atoms with Gasteiger partial charge in [0.25, 0.3) is 0 Å². The van der Waals surface area contributed by atoms with Crippen LogP contribution in [0.3, 0.4) is 0 Å². The topological polar surface area (TPSA) is 86.5 Å². The number of carbonyl (C=O) groups excluding carboxylic acids is 1. The number of nitrogens with two attached hydrogens (primary N) is 1. The molecule has 0 radical (unpaired) electrons. The molecule has 1 aromatic carbocycles. The quantitative estimate of drug-likeness (QED) is 0.844. The number of rotatable bonds is 5. The van der Waals surface area contributed by atoms with Gasteiger partial charge in [-0.25, -0.2) is 4.98 Å². The summed E-state index contributed by atoms with van der Waals surface area (Å²) in [4.78, 5) is 16.5. The second kappa shape index (κ2) is 7.83. The summed E-state index contributed by atoms with van der Waals surface area (Å²) in [6.07, 6.45) is 0.645. The minimum Gasteiger partial charge on any atom is -0.454 e. The highest BCUT2D eigenvalue weighted by Gasteiger charge is 2.18. The van der Waals surface area contributed by atoms with Crippen LogP contribution >= 0.6 is 23.7 Å². The number of fused-ring (bicyclic) bond motifs is 1. The van der Waals surface area contributed by atoms with Gasteiger partial charge in [-0.15, -0.1) is 23.7 Å². The molecule has 2 aromatic rings. The van der Waals surface area contributed by atoms with Crippen molar-refractivity contribution in [1.82, 2.24) is 4.98 Å². The molecular formula is C16H20ClN3O3S. The predicted octanol–water partition coefficient (Wildman–Crippen LogP) is 3.27. The smallest absolute Gasteiger partial charge is 0.243 e. The molecular weight excluding hydrogens is 350 g/mol. The number of ether oxygens (including phenoxy) is 2. The third-order valence-corrected chi connectivity index (χ3v) is 4.22. The maximum absolute atomic E-state index is 12.0. The van der Waals surface area contributed by atoms with Crippen LogP contribution < -0.4 is 20.5 Å². The number of hydrogen-bond acceptors (Lipinski definition) is 6. The van der Waals surface area contributed by atoms with Crippen molar-refractivity contribution in [2.75, 3.05) is 12.1 Å². The monoisotopic (exact) mass is 369 g/mol. The highest BCUT2D eigenvalue weighted by molar-refractivity contribution is 7.14. The molecule has 1 aromatic heterocycles. The first-order valence-corrected chi connectivity index (χ1v) is 8.33. The Hall–Kier alpha value is -1.83. The van der Waals surface area contributed by atoms with E-state index < -0.39 is 6.04 Å². The second-order valence-corrected chi connectivity index (χ2v) is 6.69. The van der Waals surface area contributed by atoms with Gasteiger partial charge in [0.05, 0.1) is 11.7 Å². The van der Waals surface area contributed by atoms with Crippen LogP contribution in [-0.2, 0) is 4.79 Å². The van der Waals surface area contributed by atoms with Crippen LogP contribution in [0.5, 0.6) is 11.5 Å². The fraction of sp³-hybridized carbons (Fsp3) is 0.375. The first-order chi connectivity index (χ1) is 11.0. The average Bonchev–Trinajstić information content (AvgIpc) is 3.14. The van der Waals surface area contributed by atoms with Crippen molar-refractivity contribution in [2.24, 2.45) is 11.7 Å². The Bertz CT molecular complexity index is 720. The molecule has 8 heteroatoms. The number of aromatic nitrogens is 1. The van der Waals surface area contributed by atoms with Gasteiger partial charge in [0.15, 0.2) is 16.6 Å². The Morgan fingerprint density at radius 1 is 1.38 bits per heavy atom. The molecule has 2 heterocycles. The van der Waals surface area contributed by atoms with Gasteiger partial charge in [-0.2, -0.15) is 0 Å². The molecule has 0 bridgehead atoms. The number of anilines is 1. The summed E-state index contributed by atoms with van der Waals surface area (Å²) in [7, 11) is 0. The lowest BCUT2D eigenvalue weighted by Gasteiger charge is -2.12. The van der Waals surface area contributed by atoms with Crippen molar-refractivity contribution in [2.45, 2.75) is 26.3 Å². The lowest BCUT2D eigenvalue weighted by Crippen LogP contribution is -2.36. The Morgan fingerprint density at radius 3 is 2.88 bits per heavy atom. The van der Waals surface area contributed by atoms with Crippen molar-refractivity contribution in [3.63, 3.8) is 0 Å². The molecule has 24 heavy (non-hydrogen) atoms. The van der Waals surface area contributed by atoms with E-state index in [1.165, 1.54) is 11.3 Å². The average molecular weight is 370 g/mol. The van der Waals surface area contributed by atoms with Crippen molar-refractivity contribution < 1.29 is 14.3 Å². The molecule has 0 unspecified atom stereocenters. The number of thiazole rings is 1. The lowest BCUT2D eigenvalue weighted by atomic mass is 10.0. The highest BCUT2D eigenvalue weighted by Crippen LogP contribution is 2.36. The van der Waals surface area contributed by atoms with E-state index in [-0.39, 0.29) is 25.1 Å². The molecule has 3 N–H and O–H groups in total. The Balaban J connectivity index is 0.00000208. The maximum Gasteiger partial charge on any atom is 0.243 e. The SMILES string of the molecule is CC(C)C[C@H](N)C(=O)Nc1nc(-c2ccc3c(c2)OCO3)cs1.Cl. The van der Waals surface area contributed by atoms with Gasteiger partial charge in [0.2, 0.25) is 12.7 Å². The number of halogens is 1. The molecule has 1 amide bonds. The third kappa shape index (κ3) is 4.17. The standard InChI is InChI=1S/C16H19N3O3S.ClH/c1-9(2)5-11(17)15(20)19-16-18-12(7-23-16)10-3-4-13-14(6-10)22-8-21-13;/h3-4,6-7,9,11H,5,8,17H2,1-2H3,(H,18,19,20);1H/t11-;/m0./s1. The molecule has 0 saturated carbocycles. The number of amides is 1. The van der Waals surface area contributed by atoms with Crippen LogP contribution in [0.1, 0.15) is 20.3 Å². The third-order valence-electron chi connectivity index (χ3n) is 3.46. The molecule has 0 saturated heterocycles. The Kier molecular flexibility index (Phi) is 6.04. The summed E-state index contributed by atoms with van der Waals surface area (Å²) in [5.74, 6) is 1.61. The van der Waals surface area contributed by atoms with Gasteiger partial charge in [-0.05, 0) is 30.5 Å². The van der Waals surface area contributed by atoms with E-state index in [2.05, 4.69) is 10.3 Å². The van der Waals surface area contributed by atoms with Gasteiger partial charge in [-0.3, -0.25) is 4.79 Å². The zero-order valence-electron chi connectivity index (χ0n) is 13.4. The van der Waals surface area contributed by atoms with E-state index in [0.29, 0.717) is 23.2 Å². The summed E-state index contributed by atoms with van der Waals surface area (Å²) >= 11 is 1.37. The number of hydrogen-bond donors (Lipinski definition) is 2. The number of carbonyl (C=O) groups is 1. The molecule has 0 fully saturated rings. The first-order valence-electron chi connectivity index (χ1n) is 7.45. The first kappa shape index (κ1) is 18.5. The molecule has 1 atom stereocenters. The van der Waals surface area contributed by atoms with Gasteiger partial charge in [-0.1, -0.05) is 13.8 Å². The molecule has 6 nitrogen and oxygen atoms in total. The summed E-state index contributed by atoms with van der Waals surface area (Å²) in [6.45, 7) is 4.31. The van der Waals surface area contributed by atoms with E-state index in [1.807, 2.05) is 37.4 Å². The van der Waals surface area contributed by atoms with Crippen LogP contribution in [0.2, 0.25) is 0 Å². The normalized spacial score (nSPS) is 13.5.